The van der Waals surface area contributed by atoms with Gasteiger partial charge in [-0.3, -0.25) is 4.79 Å². The van der Waals surface area contributed by atoms with E-state index in [-0.39, 0.29) is 11.8 Å². The van der Waals surface area contributed by atoms with Crippen molar-refractivity contribution in [1.82, 2.24) is 14.9 Å². The number of fused-ring (bicyclic) bond motifs is 1. The number of aromatic nitrogens is 2. The molecule has 1 aliphatic heterocycles. The molecule has 1 saturated heterocycles. The van der Waals surface area contributed by atoms with Crippen molar-refractivity contribution in [2.45, 2.75) is 18.8 Å². The number of piperidine rings is 1. The molecule has 2 heterocycles. The number of aromatic amines is 1. The Labute approximate surface area is 169 Å². The van der Waals surface area contributed by atoms with Crippen LogP contribution >= 0.6 is 0 Å². The molecule has 29 heavy (non-hydrogen) atoms. The zero-order valence-electron chi connectivity index (χ0n) is 16.9. The second-order valence-electron chi connectivity index (χ2n) is 7.14. The highest BCUT2D eigenvalue weighted by atomic mass is 16.5. The molecule has 1 fully saturated rings. The Balaban J connectivity index is 1.60. The molecular weight excluding hydrogens is 370 g/mol. The van der Waals surface area contributed by atoms with Crippen LogP contribution in [0.25, 0.3) is 11.0 Å². The summed E-state index contributed by atoms with van der Waals surface area (Å²) in [5.41, 5.74) is 2.44. The van der Waals surface area contributed by atoms with E-state index in [1.807, 2.05) is 29.2 Å². The van der Waals surface area contributed by atoms with E-state index in [4.69, 9.17) is 19.2 Å². The van der Waals surface area contributed by atoms with Crippen molar-refractivity contribution in [3.8, 4) is 17.2 Å². The molecule has 0 bridgehead atoms. The number of hydrogen-bond donors (Lipinski definition) is 1. The van der Waals surface area contributed by atoms with Crippen molar-refractivity contribution in [1.29, 1.82) is 0 Å². The Kier molecular flexibility index (Phi) is 5.29. The average molecular weight is 395 g/mol. The molecule has 152 valence electrons. The Bertz CT molecular complexity index is 997. The summed E-state index contributed by atoms with van der Waals surface area (Å²) in [6.45, 7) is 1.31. The topological polar surface area (TPSA) is 76.7 Å². The second kappa shape index (κ2) is 8.03. The fourth-order valence-electron chi connectivity index (χ4n) is 3.92. The van der Waals surface area contributed by atoms with Crippen LogP contribution in [0, 0.1) is 0 Å². The van der Waals surface area contributed by atoms with Gasteiger partial charge in [-0.2, -0.15) is 0 Å². The number of likely N-dealkylation sites (tertiary alicyclic amines) is 1. The number of amides is 1. The van der Waals surface area contributed by atoms with Gasteiger partial charge in [-0.05, 0) is 25.0 Å². The number of ether oxygens (including phenoxy) is 3. The van der Waals surface area contributed by atoms with Gasteiger partial charge >= 0.3 is 0 Å². The average Bonchev–Trinajstić information content (AvgIpc) is 3.22. The number of hydrogen-bond acceptors (Lipinski definition) is 5. The number of imidazole rings is 1. The third kappa shape index (κ3) is 3.60. The van der Waals surface area contributed by atoms with Crippen molar-refractivity contribution >= 4 is 16.9 Å². The summed E-state index contributed by atoms with van der Waals surface area (Å²) in [6.07, 6.45) is 1.91. The van der Waals surface area contributed by atoms with Crippen LogP contribution in [0.4, 0.5) is 0 Å². The lowest BCUT2D eigenvalue weighted by Gasteiger charge is -2.32. The van der Waals surface area contributed by atoms with Crippen molar-refractivity contribution in [3.63, 3.8) is 0 Å². The van der Waals surface area contributed by atoms with Crippen LogP contribution in [0.1, 0.15) is 34.9 Å². The number of carbonyl (C=O) groups excluding carboxylic acids is 1. The van der Waals surface area contributed by atoms with E-state index in [1.54, 1.807) is 33.5 Å². The van der Waals surface area contributed by atoms with Gasteiger partial charge in [0.2, 0.25) is 0 Å². The van der Waals surface area contributed by atoms with Gasteiger partial charge < -0.3 is 24.1 Å². The summed E-state index contributed by atoms with van der Waals surface area (Å²) >= 11 is 0. The largest absolute Gasteiger partial charge is 0.496 e. The molecule has 1 atom stereocenters. The molecule has 1 N–H and O–H groups in total. The number of benzene rings is 2. The monoisotopic (exact) mass is 395 g/mol. The lowest BCUT2D eigenvalue weighted by Crippen LogP contribution is -2.39. The Hall–Kier alpha value is -3.22. The number of para-hydroxylation sites is 2. The number of carbonyl (C=O) groups is 1. The van der Waals surface area contributed by atoms with Gasteiger partial charge in [0.1, 0.15) is 11.6 Å². The summed E-state index contributed by atoms with van der Waals surface area (Å²) < 4.78 is 16.1. The summed E-state index contributed by atoms with van der Waals surface area (Å²) in [5.74, 6) is 2.53. The first-order valence-electron chi connectivity index (χ1n) is 9.68. The number of H-pyrrole nitrogens is 1. The molecule has 0 spiro atoms. The van der Waals surface area contributed by atoms with Crippen molar-refractivity contribution < 1.29 is 19.0 Å². The fraction of sp³-hybridized carbons (Fsp3) is 0.364. The second-order valence-corrected chi connectivity index (χ2v) is 7.14. The molecule has 7 nitrogen and oxygen atoms in total. The smallest absolute Gasteiger partial charge is 0.257 e. The van der Waals surface area contributed by atoms with Gasteiger partial charge in [-0.1, -0.05) is 12.1 Å². The molecular formula is C22H25N3O4. The van der Waals surface area contributed by atoms with Crippen molar-refractivity contribution in [3.05, 3.63) is 47.8 Å². The third-order valence-electron chi connectivity index (χ3n) is 5.44. The highest BCUT2D eigenvalue weighted by Gasteiger charge is 2.29. The molecule has 0 saturated carbocycles. The molecule has 0 aliphatic carbocycles. The number of nitrogens with zero attached hydrogens (tertiary/aromatic N) is 2. The van der Waals surface area contributed by atoms with Gasteiger partial charge in [-0.15, -0.1) is 0 Å². The van der Waals surface area contributed by atoms with Crippen LogP contribution in [0.3, 0.4) is 0 Å². The van der Waals surface area contributed by atoms with E-state index in [0.29, 0.717) is 35.9 Å². The van der Waals surface area contributed by atoms with Crippen LogP contribution in [-0.4, -0.2) is 55.2 Å². The summed E-state index contributed by atoms with van der Waals surface area (Å²) in [4.78, 5) is 23.3. The third-order valence-corrected chi connectivity index (χ3v) is 5.44. The maximum Gasteiger partial charge on any atom is 0.257 e. The Morgan fingerprint density at radius 2 is 1.79 bits per heavy atom. The Morgan fingerprint density at radius 1 is 1.07 bits per heavy atom. The minimum atomic E-state index is -0.0800. The minimum absolute atomic E-state index is 0.0800. The highest BCUT2D eigenvalue weighted by Crippen LogP contribution is 2.36. The van der Waals surface area contributed by atoms with E-state index < -0.39 is 0 Å². The molecule has 1 aromatic heterocycles. The van der Waals surface area contributed by atoms with Gasteiger partial charge in [0, 0.05) is 31.1 Å². The summed E-state index contributed by atoms with van der Waals surface area (Å²) in [6, 6.07) is 11.4. The highest BCUT2D eigenvalue weighted by molar-refractivity contribution is 5.98. The maximum atomic E-state index is 13.3. The molecule has 7 heteroatoms. The van der Waals surface area contributed by atoms with Gasteiger partial charge in [0.15, 0.2) is 11.5 Å². The van der Waals surface area contributed by atoms with Gasteiger partial charge in [0.05, 0.1) is 37.9 Å². The number of rotatable bonds is 5. The van der Waals surface area contributed by atoms with Crippen LogP contribution < -0.4 is 14.2 Å². The fourth-order valence-corrected chi connectivity index (χ4v) is 3.92. The van der Waals surface area contributed by atoms with Crippen LogP contribution in [0.15, 0.2) is 36.4 Å². The van der Waals surface area contributed by atoms with Crippen LogP contribution in [0.2, 0.25) is 0 Å². The zero-order chi connectivity index (χ0) is 20.4. The molecule has 0 unspecified atom stereocenters. The molecule has 1 amide bonds. The zero-order valence-corrected chi connectivity index (χ0v) is 16.9. The van der Waals surface area contributed by atoms with Gasteiger partial charge in [0.25, 0.3) is 5.91 Å². The number of nitrogens with one attached hydrogen (secondary N) is 1. The normalized spacial score (nSPS) is 16.7. The molecule has 0 radical (unpaired) electrons. The molecule has 1 aliphatic rings. The van der Waals surface area contributed by atoms with Crippen LogP contribution in [-0.2, 0) is 0 Å². The first-order valence-corrected chi connectivity index (χ1v) is 9.68. The van der Waals surface area contributed by atoms with Gasteiger partial charge in [-0.25, -0.2) is 4.98 Å². The quantitative estimate of drug-likeness (QED) is 0.714. The van der Waals surface area contributed by atoms with E-state index in [2.05, 4.69) is 4.98 Å². The molecule has 3 aromatic rings. The SMILES string of the molecule is COc1cc(OC)c(C(=O)N2CCC[C@H](c3nc4ccccc4[nH]3)C2)cc1OC. The van der Waals surface area contributed by atoms with Crippen molar-refractivity contribution in [2.24, 2.45) is 0 Å². The first kappa shape index (κ1) is 19.1. The first-order chi connectivity index (χ1) is 14.1. The van der Waals surface area contributed by atoms with E-state index in [9.17, 15) is 4.79 Å². The van der Waals surface area contributed by atoms with Crippen LogP contribution in [0.5, 0.6) is 17.2 Å². The van der Waals surface area contributed by atoms with E-state index in [0.717, 1.165) is 29.7 Å². The standard InChI is InChI=1S/C22H25N3O4/c1-27-18-12-20(29-3)19(28-2)11-15(18)22(26)25-10-6-7-14(13-25)21-23-16-8-4-5-9-17(16)24-21/h4-5,8-9,11-12,14H,6-7,10,13H2,1-3H3,(H,23,24)/t14-/m0/s1. The molecule has 4 rings (SSSR count). The summed E-state index contributed by atoms with van der Waals surface area (Å²) in [5, 5.41) is 0. The molecule has 2 aromatic carbocycles. The van der Waals surface area contributed by atoms with Crippen molar-refractivity contribution in [2.75, 3.05) is 34.4 Å². The predicted octanol–water partition coefficient (Wildman–Crippen LogP) is 3.61. The number of methoxy groups -OCH3 is 3. The lowest BCUT2D eigenvalue weighted by molar-refractivity contribution is 0.0701. The van der Waals surface area contributed by atoms with E-state index >= 15 is 0 Å². The van der Waals surface area contributed by atoms with E-state index in [1.165, 1.54) is 0 Å². The lowest BCUT2D eigenvalue weighted by atomic mass is 9.96. The Morgan fingerprint density at radius 3 is 2.52 bits per heavy atom. The maximum absolute atomic E-state index is 13.3. The predicted molar refractivity (Wildman–Crippen MR) is 110 cm³/mol. The minimum Gasteiger partial charge on any atom is -0.496 e. The summed E-state index contributed by atoms with van der Waals surface area (Å²) in [7, 11) is 4.66.